The van der Waals surface area contributed by atoms with Crippen molar-refractivity contribution in [3.63, 3.8) is 0 Å². The van der Waals surface area contributed by atoms with E-state index < -0.39 is 0 Å². The third-order valence-electron chi connectivity index (χ3n) is 4.37. The van der Waals surface area contributed by atoms with Crippen molar-refractivity contribution in [3.8, 4) is 17.2 Å². The number of oxazole rings is 1. The minimum Gasteiger partial charge on any atom is -0.494 e. The first-order valence-electron chi connectivity index (χ1n) is 9.43. The zero-order chi connectivity index (χ0) is 21.1. The van der Waals surface area contributed by atoms with Crippen molar-refractivity contribution in [1.29, 1.82) is 0 Å². The van der Waals surface area contributed by atoms with Gasteiger partial charge in [0, 0.05) is 15.7 Å². The minimum absolute atomic E-state index is 0.227. The molecule has 0 aliphatic carbocycles. The molecule has 5 nitrogen and oxygen atoms in total. The van der Waals surface area contributed by atoms with Crippen LogP contribution in [0.15, 0.2) is 69.6 Å². The van der Waals surface area contributed by atoms with Crippen LogP contribution in [0.1, 0.15) is 23.7 Å². The molecular formula is C23H18BrClN2O3. The third-order valence-corrected chi connectivity index (χ3v) is 5.20. The SMILES string of the molecule is CCCOc1cccc(C(=O)Nc2ccc3oc(-c4cc(Br)ccc4Cl)nc3c2)c1. The predicted octanol–water partition coefficient (Wildman–Crippen LogP) is 6.95. The van der Waals surface area contributed by atoms with Crippen LogP contribution < -0.4 is 10.1 Å². The average Bonchev–Trinajstić information content (AvgIpc) is 3.17. The molecule has 3 aromatic carbocycles. The highest BCUT2D eigenvalue weighted by Gasteiger charge is 2.14. The van der Waals surface area contributed by atoms with Gasteiger partial charge in [-0.3, -0.25) is 4.79 Å². The number of benzene rings is 3. The Bertz CT molecular complexity index is 1220. The van der Waals surface area contributed by atoms with Crippen LogP contribution in [0.25, 0.3) is 22.6 Å². The quantitative estimate of drug-likeness (QED) is 0.321. The summed E-state index contributed by atoms with van der Waals surface area (Å²) in [6.45, 7) is 2.64. The normalized spacial score (nSPS) is 10.9. The molecule has 1 N–H and O–H groups in total. The Balaban J connectivity index is 1.57. The molecule has 30 heavy (non-hydrogen) atoms. The zero-order valence-corrected chi connectivity index (χ0v) is 18.5. The second-order valence-corrected chi connectivity index (χ2v) is 7.98. The standard InChI is InChI=1S/C23H18BrClN2O3/c1-2-10-29-17-5-3-4-14(11-17)22(28)26-16-7-9-21-20(13-16)27-23(30-21)18-12-15(24)6-8-19(18)25/h3-9,11-13H,2,10H2,1H3,(H,26,28). The van der Waals surface area contributed by atoms with E-state index in [1.54, 1.807) is 42.5 Å². The van der Waals surface area contributed by atoms with Gasteiger partial charge in [-0.25, -0.2) is 4.98 Å². The Kier molecular flexibility index (Phi) is 6.06. The first-order chi connectivity index (χ1) is 14.5. The summed E-state index contributed by atoms with van der Waals surface area (Å²) in [5.74, 6) is 0.864. The molecule has 1 heterocycles. The van der Waals surface area contributed by atoms with Gasteiger partial charge in [0.2, 0.25) is 5.89 Å². The van der Waals surface area contributed by atoms with Gasteiger partial charge in [-0.2, -0.15) is 0 Å². The number of anilines is 1. The molecule has 0 bridgehead atoms. The molecule has 0 radical (unpaired) electrons. The van der Waals surface area contributed by atoms with E-state index in [0.29, 0.717) is 51.2 Å². The zero-order valence-electron chi connectivity index (χ0n) is 16.1. The van der Waals surface area contributed by atoms with Crippen molar-refractivity contribution >= 4 is 50.2 Å². The summed E-state index contributed by atoms with van der Waals surface area (Å²) in [5, 5.41) is 3.44. The van der Waals surface area contributed by atoms with Gasteiger partial charge in [0.15, 0.2) is 5.58 Å². The van der Waals surface area contributed by atoms with E-state index in [-0.39, 0.29) is 5.91 Å². The molecule has 0 saturated heterocycles. The maximum atomic E-state index is 12.7. The van der Waals surface area contributed by atoms with Crippen LogP contribution in [0.2, 0.25) is 5.02 Å². The molecule has 0 fully saturated rings. The second kappa shape index (κ2) is 8.90. The maximum absolute atomic E-state index is 12.7. The highest BCUT2D eigenvalue weighted by atomic mass is 79.9. The number of ether oxygens (including phenoxy) is 1. The van der Waals surface area contributed by atoms with Crippen LogP contribution in [-0.2, 0) is 0 Å². The van der Waals surface area contributed by atoms with Crippen LogP contribution in [0.5, 0.6) is 5.75 Å². The van der Waals surface area contributed by atoms with E-state index in [0.717, 1.165) is 10.9 Å². The van der Waals surface area contributed by atoms with E-state index in [4.69, 9.17) is 20.8 Å². The molecule has 0 saturated carbocycles. The number of carbonyl (C=O) groups is 1. The molecule has 4 rings (SSSR count). The Labute approximate surface area is 187 Å². The summed E-state index contributed by atoms with van der Waals surface area (Å²) < 4.78 is 12.3. The molecular weight excluding hydrogens is 468 g/mol. The predicted molar refractivity (Wildman–Crippen MR) is 122 cm³/mol. The lowest BCUT2D eigenvalue weighted by Gasteiger charge is -2.08. The lowest BCUT2D eigenvalue weighted by Crippen LogP contribution is -2.12. The topological polar surface area (TPSA) is 64.4 Å². The lowest BCUT2D eigenvalue weighted by atomic mass is 10.2. The molecule has 0 atom stereocenters. The van der Waals surface area contributed by atoms with Crippen molar-refractivity contribution < 1.29 is 13.9 Å². The maximum Gasteiger partial charge on any atom is 0.255 e. The summed E-state index contributed by atoms with van der Waals surface area (Å²) in [7, 11) is 0. The van der Waals surface area contributed by atoms with E-state index in [9.17, 15) is 4.79 Å². The number of hydrogen-bond acceptors (Lipinski definition) is 4. The minimum atomic E-state index is -0.227. The van der Waals surface area contributed by atoms with E-state index in [1.165, 1.54) is 0 Å². The van der Waals surface area contributed by atoms with E-state index in [1.807, 2.05) is 25.1 Å². The summed E-state index contributed by atoms with van der Waals surface area (Å²) in [4.78, 5) is 17.2. The molecule has 0 aliphatic heterocycles. The number of fused-ring (bicyclic) bond motifs is 1. The van der Waals surface area contributed by atoms with Gasteiger partial charge in [-0.05, 0) is 61.0 Å². The number of amides is 1. The molecule has 4 aromatic rings. The van der Waals surface area contributed by atoms with Crippen molar-refractivity contribution in [3.05, 3.63) is 75.7 Å². The van der Waals surface area contributed by atoms with E-state index in [2.05, 4.69) is 26.2 Å². The van der Waals surface area contributed by atoms with Gasteiger partial charge in [0.05, 0.1) is 17.2 Å². The number of rotatable bonds is 6. The van der Waals surface area contributed by atoms with Crippen molar-refractivity contribution in [2.75, 3.05) is 11.9 Å². The summed E-state index contributed by atoms with van der Waals surface area (Å²) in [6.07, 6.45) is 0.904. The number of nitrogens with zero attached hydrogens (tertiary/aromatic N) is 1. The molecule has 0 spiro atoms. The number of aromatic nitrogens is 1. The number of halogens is 2. The Morgan fingerprint density at radius 2 is 2.03 bits per heavy atom. The van der Waals surface area contributed by atoms with Crippen LogP contribution in [0.3, 0.4) is 0 Å². The van der Waals surface area contributed by atoms with Gasteiger partial charge in [0.25, 0.3) is 5.91 Å². The van der Waals surface area contributed by atoms with Gasteiger partial charge >= 0.3 is 0 Å². The average molecular weight is 486 g/mol. The smallest absolute Gasteiger partial charge is 0.255 e. The van der Waals surface area contributed by atoms with Crippen LogP contribution >= 0.6 is 27.5 Å². The van der Waals surface area contributed by atoms with Crippen molar-refractivity contribution in [2.24, 2.45) is 0 Å². The summed E-state index contributed by atoms with van der Waals surface area (Å²) in [6, 6.07) is 17.9. The lowest BCUT2D eigenvalue weighted by molar-refractivity contribution is 0.102. The first kappa shape index (κ1) is 20.4. The Hall–Kier alpha value is -2.83. The van der Waals surface area contributed by atoms with E-state index >= 15 is 0 Å². The highest BCUT2D eigenvalue weighted by molar-refractivity contribution is 9.10. The molecule has 0 aliphatic rings. The molecule has 1 amide bonds. The van der Waals surface area contributed by atoms with Crippen molar-refractivity contribution in [1.82, 2.24) is 4.98 Å². The number of nitrogens with one attached hydrogen (secondary N) is 1. The Morgan fingerprint density at radius 1 is 1.17 bits per heavy atom. The summed E-state index contributed by atoms with van der Waals surface area (Å²) in [5.41, 5.74) is 3.06. The molecule has 7 heteroatoms. The fourth-order valence-corrected chi connectivity index (χ4v) is 3.49. The van der Waals surface area contributed by atoms with Gasteiger partial charge in [-0.15, -0.1) is 0 Å². The molecule has 1 aromatic heterocycles. The largest absolute Gasteiger partial charge is 0.494 e. The monoisotopic (exact) mass is 484 g/mol. The van der Waals surface area contributed by atoms with Gasteiger partial charge in [-0.1, -0.05) is 40.5 Å². The van der Waals surface area contributed by atoms with Crippen LogP contribution in [0.4, 0.5) is 5.69 Å². The second-order valence-electron chi connectivity index (χ2n) is 6.66. The van der Waals surface area contributed by atoms with Crippen LogP contribution in [0, 0.1) is 0 Å². The third kappa shape index (κ3) is 4.50. The summed E-state index contributed by atoms with van der Waals surface area (Å²) >= 11 is 9.72. The van der Waals surface area contributed by atoms with Gasteiger partial charge < -0.3 is 14.5 Å². The first-order valence-corrected chi connectivity index (χ1v) is 10.6. The molecule has 0 unspecified atom stereocenters. The van der Waals surface area contributed by atoms with Gasteiger partial charge in [0.1, 0.15) is 11.3 Å². The number of hydrogen-bond donors (Lipinski definition) is 1. The molecule has 152 valence electrons. The Morgan fingerprint density at radius 3 is 2.87 bits per heavy atom. The van der Waals surface area contributed by atoms with Crippen molar-refractivity contribution in [2.45, 2.75) is 13.3 Å². The highest BCUT2D eigenvalue weighted by Crippen LogP contribution is 2.33. The number of carbonyl (C=O) groups excluding carboxylic acids is 1. The van der Waals surface area contributed by atoms with Crippen LogP contribution in [-0.4, -0.2) is 17.5 Å². The fourth-order valence-electron chi connectivity index (χ4n) is 2.93. The fraction of sp³-hybridized carbons (Fsp3) is 0.130.